The zero-order valence-corrected chi connectivity index (χ0v) is 28.8. The molecule has 0 aliphatic carbocycles. The SMILES string of the molecule is COc1ccc([C@H](NC(=O)[C@@H](Cc2ccc(Cl)c(Cl)c2)Oc2cccc(Cl)c2)C(=O)N[C@H](C(=O)C(F)(F)C(=O)NCC(F)(F)F)C(C)C)cc1. The molecule has 270 valence electrons. The molecule has 0 heterocycles. The number of hydrogen-bond donors (Lipinski definition) is 3. The molecule has 0 saturated heterocycles. The summed E-state index contributed by atoms with van der Waals surface area (Å²) in [7, 11) is 1.38. The smallest absolute Gasteiger partial charge is 0.405 e. The lowest BCUT2D eigenvalue weighted by atomic mass is 9.94. The number of Topliss-reactive ketones (excluding diaryl/α,β-unsaturated/α-hetero) is 1. The maximum absolute atomic E-state index is 14.9. The predicted octanol–water partition coefficient (Wildman–Crippen LogP) is 6.53. The van der Waals surface area contributed by atoms with Gasteiger partial charge in [0.05, 0.1) is 23.2 Å². The summed E-state index contributed by atoms with van der Waals surface area (Å²) < 4.78 is 78.5. The molecule has 0 spiro atoms. The fourth-order valence-electron chi connectivity index (χ4n) is 4.48. The van der Waals surface area contributed by atoms with Gasteiger partial charge >= 0.3 is 12.1 Å². The molecule has 3 N–H and O–H groups in total. The van der Waals surface area contributed by atoms with Gasteiger partial charge in [0.1, 0.15) is 24.1 Å². The summed E-state index contributed by atoms with van der Waals surface area (Å²) >= 11 is 18.3. The number of carbonyl (C=O) groups excluding carboxylic acids is 4. The number of ether oxygens (including phenoxy) is 2. The van der Waals surface area contributed by atoms with E-state index in [0.29, 0.717) is 16.3 Å². The minimum atomic E-state index is -5.03. The second-order valence-electron chi connectivity index (χ2n) is 11.2. The van der Waals surface area contributed by atoms with Crippen LogP contribution in [0.25, 0.3) is 0 Å². The molecule has 0 saturated carbocycles. The summed E-state index contributed by atoms with van der Waals surface area (Å²) in [6.45, 7) is 0.416. The third-order valence-corrected chi connectivity index (χ3v) is 8.03. The van der Waals surface area contributed by atoms with Gasteiger partial charge in [-0.05, 0) is 59.5 Å². The van der Waals surface area contributed by atoms with Gasteiger partial charge < -0.3 is 25.4 Å². The highest BCUT2D eigenvalue weighted by Crippen LogP contribution is 2.27. The molecule has 0 aliphatic rings. The van der Waals surface area contributed by atoms with Crippen molar-refractivity contribution in [1.29, 1.82) is 0 Å². The monoisotopic (exact) mass is 765 g/mol. The van der Waals surface area contributed by atoms with E-state index in [9.17, 15) is 41.1 Å². The summed E-state index contributed by atoms with van der Waals surface area (Å²) in [4.78, 5) is 52.5. The number of halogens is 8. The van der Waals surface area contributed by atoms with Crippen molar-refractivity contribution < 1.29 is 50.6 Å². The summed E-state index contributed by atoms with van der Waals surface area (Å²) in [5, 5.41) is 6.37. The maximum Gasteiger partial charge on any atom is 0.405 e. The molecule has 3 rings (SSSR count). The minimum Gasteiger partial charge on any atom is -0.497 e. The van der Waals surface area contributed by atoms with Crippen molar-refractivity contribution in [2.75, 3.05) is 13.7 Å². The lowest BCUT2D eigenvalue weighted by Gasteiger charge is -2.28. The van der Waals surface area contributed by atoms with Crippen LogP contribution < -0.4 is 25.4 Å². The lowest BCUT2D eigenvalue weighted by molar-refractivity contribution is -0.165. The number of amides is 3. The van der Waals surface area contributed by atoms with Gasteiger partial charge in [-0.3, -0.25) is 19.2 Å². The van der Waals surface area contributed by atoms with Crippen LogP contribution in [-0.4, -0.2) is 61.4 Å². The Labute approximate surface area is 298 Å². The second-order valence-corrected chi connectivity index (χ2v) is 12.4. The highest BCUT2D eigenvalue weighted by atomic mass is 35.5. The molecule has 3 atom stereocenters. The van der Waals surface area contributed by atoms with Crippen LogP contribution in [0.2, 0.25) is 15.1 Å². The van der Waals surface area contributed by atoms with Crippen molar-refractivity contribution in [2.24, 2.45) is 5.92 Å². The zero-order chi connectivity index (χ0) is 37.4. The van der Waals surface area contributed by atoms with Crippen LogP contribution in [0.1, 0.15) is 31.0 Å². The average Bonchev–Trinajstić information content (AvgIpc) is 3.05. The second kappa shape index (κ2) is 17.2. The van der Waals surface area contributed by atoms with Gasteiger partial charge in [0.15, 0.2) is 6.10 Å². The van der Waals surface area contributed by atoms with E-state index in [4.69, 9.17) is 44.3 Å². The van der Waals surface area contributed by atoms with Crippen molar-refractivity contribution in [3.05, 3.63) is 92.9 Å². The lowest BCUT2D eigenvalue weighted by Crippen LogP contribution is -2.58. The topological polar surface area (TPSA) is 123 Å². The maximum atomic E-state index is 14.9. The number of hydrogen-bond acceptors (Lipinski definition) is 6. The van der Waals surface area contributed by atoms with Crippen molar-refractivity contribution >= 4 is 58.3 Å². The first kappa shape index (κ1) is 40.3. The molecule has 0 aliphatic heterocycles. The summed E-state index contributed by atoms with van der Waals surface area (Å²) in [5.74, 6) is -12.2. The molecular weight excluding hydrogens is 736 g/mol. The number of nitrogens with one attached hydrogen (secondary N) is 3. The zero-order valence-electron chi connectivity index (χ0n) is 26.5. The normalized spacial score (nSPS) is 13.5. The quantitative estimate of drug-likeness (QED) is 0.120. The Balaban J connectivity index is 1.97. The third-order valence-electron chi connectivity index (χ3n) is 7.06. The van der Waals surface area contributed by atoms with Crippen LogP contribution in [-0.2, 0) is 25.6 Å². The number of rotatable bonds is 15. The number of alkyl halides is 5. The molecule has 0 bridgehead atoms. The average molecular weight is 767 g/mol. The van der Waals surface area contributed by atoms with Crippen molar-refractivity contribution in [2.45, 2.75) is 50.6 Å². The first-order chi connectivity index (χ1) is 23.3. The van der Waals surface area contributed by atoms with E-state index in [1.165, 1.54) is 69.5 Å². The van der Waals surface area contributed by atoms with Crippen LogP contribution in [0, 0.1) is 5.92 Å². The molecule has 50 heavy (non-hydrogen) atoms. The Morgan fingerprint density at radius 1 is 0.800 bits per heavy atom. The number of carbonyl (C=O) groups is 4. The molecule has 17 heteroatoms. The van der Waals surface area contributed by atoms with E-state index in [1.807, 2.05) is 0 Å². The van der Waals surface area contributed by atoms with Gasteiger partial charge in [-0.15, -0.1) is 0 Å². The van der Waals surface area contributed by atoms with Crippen molar-refractivity contribution in [1.82, 2.24) is 16.0 Å². The molecule has 0 radical (unpaired) electrons. The van der Waals surface area contributed by atoms with E-state index in [2.05, 4.69) is 10.6 Å². The first-order valence-corrected chi connectivity index (χ1v) is 15.8. The van der Waals surface area contributed by atoms with E-state index in [-0.39, 0.29) is 27.8 Å². The van der Waals surface area contributed by atoms with Gasteiger partial charge in [0.25, 0.3) is 11.8 Å². The van der Waals surface area contributed by atoms with E-state index < -0.39 is 66.3 Å². The molecule has 3 aromatic carbocycles. The molecule has 3 aromatic rings. The molecular formula is C33H31Cl3F5N3O6. The predicted molar refractivity (Wildman–Crippen MR) is 176 cm³/mol. The fourth-order valence-corrected chi connectivity index (χ4v) is 4.98. The van der Waals surface area contributed by atoms with Gasteiger partial charge in [0, 0.05) is 11.4 Å². The molecule has 0 fully saturated rings. The fraction of sp³-hybridized carbons (Fsp3) is 0.333. The number of benzene rings is 3. The Hall–Kier alpha value is -4.14. The summed E-state index contributed by atoms with van der Waals surface area (Å²) in [5.41, 5.74) is 0.612. The molecule has 0 unspecified atom stereocenters. The number of ketones is 1. The third kappa shape index (κ3) is 11.2. The van der Waals surface area contributed by atoms with E-state index in [0.717, 1.165) is 5.32 Å². The minimum absolute atomic E-state index is 0.109. The van der Waals surface area contributed by atoms with Crippen molar-refractivity contribution in [3.63, 3.8) is 0 Å². The Morgan fingerprint density at radius 3 is 2.02 bits per heavy atom. The Morgan fingerprint density at radius 2 is 1.46 bits per heavy atom. The van der Waals surface area contributed by atoms with Gasteiger partial charge in [-0.25, -0.2) is 0 Å². The number of methoxy groups -OCH3 is 1. The van der Waals surface area contributed by atoms with Gasteiger partial charge in [-0.1, -0.05) is 72.9 Å². The van der Waals surface area contributed by atoms with Crippen LogP contribution in [0.4, 0.5) is 22.0 Å². The van der Waals surface area contributed by atoms with Gasteiger partial charge in [0.2, 0.25) is 11.7 Å². The van der Waals surface area contributed by atoms with Crippen LogP contribution in [0.3, 0.4) is 0 Å². The van der Waals surface area contributed by atoms with Gasteiger partial charge in [-0.2, -0.15) is 22.0 Å². The Bertz CT molecular complexity index is 1690. The van der Waals surface area contributed by atoms with E-state index >= 15 is 0 Å². The standard InChI is InChI=1S/C33H31Cl3F5N3O6/c1-17(2)26(28(45)33(40,41)31(48)42-16-32(37,38)39)43-30(47)27(19-8-10-21(49-3)11-9-19)44-29(46)25(50-22-6-4-5-20(34)15-22)14-18-7-12-23(35)24(36)13-18/h4-13,15,17,25-27H,14,16H2,1-3H3,(H,42,48)(H,43,47)(H,44,46)/t25-,26+,27+/m1/s1. The molecule has 3 amide bonds. The van der Waals surface area contributed by atoms with E-state index in [1.54, 1.807) is 18.2 Å². The van der Waals surface area contributed by atoms with Crippen LogP contribution in [0.5, 0.6) is 11.5 Å². The summed E-state index contributed by atoms with van der Waals surface area (Å²) in [6, 6.07) is 12.6. The van der Waals surface area contributed by atoms with Crippen LogP contribution in [0.15, 0.2) is 66.7 Å². The Kier molecular flexibility index (Phi) is 13.8. The highest BCUT2D eigenvalue weighted by molar-refractivity contribution is 6.42. The van der Waals surface area contributed by atoms with Crippen molar-refractivity contribution in [3.8, 4) is 11.5 Å². The summed E-state index contributed by atoms with van der Waals surface area (Å²) in [6.07, 6.45) is -6.50. The van der Waals surface area contributed by atoms with Crippen LogP contribution >= 0.6 is 34.8 Å². The highest BCUT2D eigenvalue weighted by Gasteiger charge is 2.52. The molecule has 0 aromatic heterocycles. The largest absolute Gasteiger partial charge is 0.497 e. The first-order valence-electron chi connectivity index (χ1n) is 14.7. The molecule has 9 nitrogen and oxygen atoms in total.